The molecule has 96 valence electrons. The number of nitrogens with zero attached hydrogens (tertiary/aromatic N) is 1. The first kappa shape index (κ1) is 13.7. The average Bonchev–Trinajstić information content (AvgIpc) is 2.17. The van der Waals surface area contributed by atoms with E-state index >= 15 is 0 Å². The molecule has 2 atom stereocenters. The summed E-state index contributed by atoms with van der Waals surface area (Å²) in [5.74, 6) is 0.190. The van der Waals surface area contributed by atoms with E-state index in [2.05, 4.69) is 0 Å². The molecule has 0 spiro atoms. The number of ether oxygens (including phenoxy) is 1. The van der Waals surface area contributed by atoms with Crippen LogP contribution < -0.4 is 5.73 Å². The normalized spacial score (nSPS) is 24.8. The smallest absolute Gasteiger partial charge is 0.381 e. The zero-order valence-corrected chi connectivity index (χ0v) is 9.46. The van der Waals surface area contributed by atoms with Gasteiger partial charge in [0.2, 0.25) is 0 Å². The first-order valence-corrected chi connectivity index (χ1v) is 5.50. The molecular formula is C10H19F3N2O. The summed E-state index contributed by atoms with van der Waals surface area (Å²) in [6.45, 7) is 1.27. The van der Waals surface area contributed by atoms with Crippen molar-refractivity contribution in [1.82, 2.24) is 4.90 Å². The molecule has 0 saturated carbocycles. The van der Waals surface area contributed by atoms with Gasteiger partial charge in [0.15, 0.2) is 0 Å². The number of hydrogen-bond donors (Lipinski definition) is 1. The fourth-order valence-electron chi connectivity index (χ4n) is 2.05. The summed E-state index contributed by atoms with van der Waals surface area (Å²) < 4.78 is 43.0. The standard InChI is InChI=1S/C10H19F3N2O/c1-15(9(5-14)10(11,12)13)6-8-3-2-4-16-7-8/h8-9H,2-7,14H2,1H3. The quantitative estimate of drug-likeness (QED) is 0.803. The van der Waals surface area contributed by atoms with Crippen LogP contribution >= 0.6 is 0 Å². The fourth-order valence-corrected chi connectivity index (χ4v) is 2.05. The molecule has 1 saturated heterocycles. The van der Waals surface area contributed by atoms with E-state index in [1.54, 1.807) is 0 Å². The van der Waals surface area contributed by atoms with Crippen molar-refractivity contribution in [1.29, 1.82) is 0 Å². The van der Waals surface area contributed by atoms with Gasteiger partial charge in [-0.1, -0.05) is 0 Å². The van der Waals surface area contributed by atoms with E-state index in [1.807, 2.05) is 0 Å². The maximum Gasteiger partial charge on any atom is 0.405 e. The Hall–Kier alpha value is -0.330. The minimum atomic E-state index is -4.25. The molecule has 1 fully saturated rings. The molecule has 0 aliphatic carbocycles. The van der Waals surface area contributed by atoms with Crippen LogP contribution in [0.15, 0.2) is 0 Å². The highest BCUT2D eigenvalue weighted by atomic mass is 19.4. The van der Waals surface area contributed by atoms with Gasteiger partial charge >= 0.3 is 6.18 Å². The topological polar surface area (TPSA) is 38.5 Å². The number of rotatable bonds is 4. The maximum atomic E-state index is 12.6. The van der Waals surface area contributed by atoms with Crippen LogP contribution in [0.3, 0.4) is 0 Å². The predicted molar refractivity (Wildman–Crippen MR) is 55.1 cm³/mol. The van der Waals surface area contributed by atoms with E-state index < -0.39 is 18.8 Å². The van der Waals surface area contributed by atoms with Crippen LogP contribution in [0, 0.1) is 5.92 Å². The van der Waals surface area contributed by atoms with Crippen molar-refractivity contribution in [3.63, 3.8) is 0 Å². The molecule has 1 rings (SSSR count). The zero-order chi connectivity index (χ0) is 12.2. The summed E-state index contributed by atoms with van der Waals surface area (Å²) in [6, 6.07) is -1.55. The van der Waals surface area contributed by atoms with Crippen LogP contribution in [-0.2, 0) is 4.74 Å². The van der Waals surface area contributed by atoms with Crippen molar-refractivity contribution < 1.29 is 17.9 Å². The third kappa shape index (κ3) is 3.92. The van der Waals surface area contributed by atoms with Crippen LogP contribution in [0.2, 0.25) is 0 Å². The highest BCUT2D eigenvalue weighted by Gasteiger charge is 2.41. The van der Waals surface area contributed by atoms with E-state index in [-0.39, 0.29) is 5.92 Å². The van der Waals surface area contributed by atoms with Crippen LogP contribution in [0.4, 0.5) is 13.2 Å². The number of halogens is 3. The lowest BCUT2D eigenvalue weighted by Gasteiger charge is -2.33. The van der Waals surface area contributed by atoms with E-state index in [4.69, 9.17) is 10.5 Å². The first-order chi connectivity index (χ1) is 7.45. The Labute approximate surface area is 93.7 Å². The Bertz CT molecular complexity index is 205. The molecule has 6 heteroatoms. The molecule has 0 aromatic rings. The molecule has 0 radical (unpaired) electrons. The van der Waals surface area contributed by atoms with Crippen molar-refractivity contribution in [2.75, 3.05) is 33.4 Å². The highest BCUT2D eigenvalue weighted by Crippen LogP contribution is 2.25. The van der Waals surface area contributed by atoms with Gasteiger partial charge in [0.1, 0.15) is 6.04 Å². The van der Waals surface area contributed by atoms with Gasteiger partial charge in [0.05, 0.1) is 6.61 Å². The van der Waals surface area contributed by atoms with Gasteiger partial charge in [-0.05, 0) is 25.8 Å². The van der Waals surface area contributed by atoms with Gasteiger partial charge in [0.25, 0.3) is 0 Å². The molecule has 16 heavy (non-hydrogen) atoms. The maximum absolute atomic E-state index is 12.6. The van der Waals surface area contributed by atoms with Gasteiger partial charge in [-0.25, -0.2) is 0 Å². The lowest BCUT2D eigenvalue weighted by Crippen LogP contribution is -2.50. The van der Waals surface area contributed by atoms with Crippen LogP contribution in [0.5, 0.6) is 0 Å². The fraction of sp³-hybridized carbons (Fsp3) is 1.00. The number of hydrogen-bond acceptors (Lipinski definition) is 3. The van der Waals surface area contributed by atoms with E-state index in [1.165, 1.54) is 11.9 Å². The molecule has 3 nitrogen and oxygen atoms in total. The molecule has 2 N–H and O–H groups in total. The van der Waals surface area contributed by atoms with E-state index in [0.717, 1.165) is 19.4 Å². The molecule has 0 aromatic carbocycles. The summed E-state index contributed by atoms with van der Waals surface area (Å²) >= 11 is 0. The number of alkyl halides is 3. The Kier molecular flexibility index (Phi) is 5.01. The first-order valence-electron chi connectivity index (χ1n) is 5.50. The molecule has 1 heterocycles. The van der Waals surface area contributed by atoms with Crippen molar-refractivity contribution in [3.8, 4) is 0 Å². The second-order valence-corrected chi connectivity index (χ2v) is 4.32. The highest BCUT2D eigenvalue weighted by molar-refractivity contribution is 4.79. The Morgan fingerprint density at radius 3 is 2.62 bits per heavy atom. The Morgan fingerprint density at radius 1 is 1.50 bits per heavy atom. The second-order valence-electron chi connectivity index (χ2n) is 4.32. The molecule has 2 unspecified atom stereocenters. The lowest BCUT2D eigenvalue weighted by atomic mass is 10.0. The largest absolute Gasteiger partial charge is 0.405 e. The molecule has 1 aliphatic rings. The van der Waals surface area contributed by atoms with Crippen molar-refractivity contribution >= 4 is 0 Å². The number of nitrogens with two attached hydrogens (primary N) is 1. The molecular weight excluding hydrogens is 221 g/mol. The lowest BCUT2D eigenvalue weighted by molar-refractivity contribution is -0.179. The van der Waals surface area contributed by atoms with Crippen LogP contribution in [-0.4, -0.2) is 50.5 Å². The average molecular weight is 240 g/mol. The van der Waals surface area contributed by atoms with Crippen molar-refractivity contribution in [3.05, 3.63) is 0 Å². The van der Waals surface area contributed by atoms with Gasteiger partial charge in [-0.2, -0.15) is 13.2 Å². The van der Waals surface area contributed by atoms with Gasteiger partial charge in [-0.15, -0.1) is 0 Å². The van der Waals surface area contributed by atoms with Gasteiger partial charge < -0.3 is 10.5 Å². The molecule has 0 bridgehead atoms. The predicted octanol–water partition coefficient (Wildman–Crippen LogP) is 1.23. The molecule has 1 aliphatic heterocycles. The van der Waals surface area contributed by atoms with Gasteiger partial charge in [-0.3, -0.25) is 4.90 Å². The zero-order valence-electron chi connectivity index (χ0n) is 9.46. The SMILES string of the molecule is CN(CC1CCCOC1)C(CN)C(F)(F)F. The second kappa shape index (κ2) is 5.84. The third-order valence-corrected chi connectivity index (χ3v) is 2.93. The summed E-state index contributed by atoms with van der Waals surface area (Å²) in [4.78, 5) is 1.29. The monoisotopic (exact) mass is 240 g/mol. The van der Waals surface area contributed by atoms with E-state index in [9.17, 15) is 13.2 Å². The van der Waals surface area contributed by atoms with Crippen LogP contribution in [0.1, 0.15) is 12.8 Å². The number of likely N-dealkylation sites (N-methyl/N-ethyl adjacent to an activating group) is 1. The van der Waals surface area contributed by atoms with Crippen molar-refractivity contribution in [2.45, 2.75) is 25.1 Å². The summed E-state index contributed by atoms with van der Waals surface area (Å²) in [5, 5.41) is 0. The third-order valence-electron chi connectivity index (χ3n) is 2.93. The van der Waals surface area contributed by atoms with E-state index in [0.29, 0.717) is 13.2 Å². The minimum Gasteiger partial charge on any atom is -0.381 e. The minimum absolute atomic E-state index is 0.190. The molecule has 0 aromatic heterocycles. The van der Waals surface area contributed by atoms with Crippen molar-refractivity contribution in [2.24, 2.45) is 11.7 Å². The Balaban J connectivity index is 2.45. The summed E-state index contributed by atoms with van der Waals surface area (Å²) in [5.41, 5.74) is 5.17. The summed E-state index contributed by atoms with van der Waals surface area (Å²) in [7, 11) is 1.47. The van der Waals surface area contributed by atoms with Gasteiger partial charge in [0, 0.05) is 19.7 Å². The molecule has 0 amide bonds. The van der Waals surface area contributed by atoms with Crippen LogP contribution in [0.25, 0.3) is 0 Å². The Morgan fingerprint density at radius 2 is 2.19 bits per heavy atom. The summed E-state index contributed by atoms with van der Waals surface area (Å²) in [6.07, 6.45) is -2.39.